The molecule has 23 heavy (non-hydrogen) atoms. The van der Waals surface area contributed by atoms with Gasteiger partial charge < -0.3 is 9.47 Å². The van der Waals surface area contributed by atoms with Crippen LogP contribution in [-0.4, -0.2) is 13.1 Å². The van der Waals surface area contributed by atoms with E-state index in [1.807, 2.05) is 49.4 Å². The van der Waals surface area contributed by atoms with Crippen molar-refractivity contribution in [2.45, 2.75) is 13.8 Å². The molecule has 0 saturated heterocycles. The van der Waals surface area contributed by atoms with Crippen molar-refractivity contribution in [2.75, 3.05) is 7.11 Å². The van der Waals surface area contributed by atoms with E-state index in [2.05, 4.69) is 6.58 Å². The number of carbonyl (C=O) groups is 1. The quantitative estimate of drug-likeness (QED) is 0.449. The SMILES string of the molecule is C=C(C)C(=O)Oc1ccc(-c2ccc(OC)cc2/C=C/C)cc1. The van der Waals surface area contributed by atoms with Crippen LogP contribution in [0.5, 0.6) is 11.5 Å². The van der Waals surface area contributed by atoms with E-state index in [1.165, 1.54) is 0 Å². The summed E-state index contributed by atoms with van der Waals surface area (Å²) in [4.78, 5) is 11.5. The number of methoxy groups -OCH3 is 1. The highest BCUT2D eigenvalue weighted by atomic mass is 16.5. The Morgan fingerprint density at radius 2 is 1.74 bits per heavy atom. The minimum absolute atomic E-state index is 0.375. The maximum absolute atomic E-state index is 11.5. The molecule has 0 aliphatic heterocycles. The van der Waals surface area contributed by atoms with E-state index < -0.39 is 5.97 Å². The summed E-state index contributed by atoms with van der Waals surface area (Å²) in [6.45, 7) is 7.17. The van der Waals surface area contributed by atoms with Gasteiger partial charge in [-0.1, -0.05) is 36.9 Å². The van der Waals surface area contributed by atoms with Gasteiger partial charge in [0.15, 0.2) is 0 Å². The molecule has 0 aromatic heterocycles. The Labute approximate surface area is 136 Å². The Morgan fingerprint density at radius 1 is 1.09 bits per heavy atom. The standard InChI is InChI=1S/C20H20O3/c1-5-6-16-13-18(22-4)11-12-19(16)15-7-9-17(10-8-15)23-20(21)14(2)3/h5-13H,2H2,1,3-4H3/b6-5+. The topological polar surface area (TPSA) is 35.5 Å². The predicted octanol–water partition coefficient (Wildman–Crippen LogP) is 4.88. The molecule has 0 spiro atoms. The van der Waals surface area contributed by atoms with Crippen LogP contribution in [0.25, 0.3) is 17.2 Å². The first kappa shape index (κ1) is 16.6. The number of hydrogen-bond acceptors (Lipinski definition) is 3. The van der Waals surface area contributed by atoms with Crippen LogP contribution in [0, 0.1) is 0 Å². The van der Waals surface area contributed by atoms with Gasteiger partial charge in [-0.05, 0) is 54.8 Å². The number of hydrogen-bond donors (Lipinski definition) is 0. The lowest BCUT2D eigenvalue weighted by Gasteiger charge is -2.10. The lowest BCUT2D eigenvalue weighted by Crippen LogP contribution is -2.07. The van der Waals surface area contributed by atoms with Gasteiger partial charge in [-0.2, -0.15) is 0 Å². The molecule has 0 aliphatic carbocycles. The average molecular weight is 308 g/mol. The van der Waals surface area contributed by atoms with Gasteiger partial charge in [0.1, 0.15) is 11.5 Å². The zero-order valence-corrected chi connectivity index (χ0v) is 13.6. The Kier molecular flexibility index (Phi) is 5.36. The van der Waals surface area contributed by atoms with Gasteiger partial charge in [-0.3, -0.25) is 0 Å². The van der Waals surface area contributed by atoms with E-state index in [0.29, 0.717) is 11.3 Å². The van der Waals surface area contributed by atoms with Crippen LogP contribution in [0.2, 0.25) is 0 Å². The first-order valence-electron chi connectivity index (χ1n) is 7.34. The van der Waals surface area contributed by atoms with E-state index in [0.717, 1.165) is 22.4 Å². The third-order valence-corrected chi connectivity index (χ3v) is 3.33. The van der Waals surface area contributed by atoms with E-state index in [9.17, 15) is 4.79 Å². The molecule has 3 nitrogen and oxygen atoms in total. The van der Waals surface area contributed by atoms with Gasteiger partial charge in [0.25, 0.3) is 0 Å². The van der Waals surface area contributed by atoms with Gasteiger partial charge in [-0.15, -0.1) is 0 Å². The summed E-state index contributed by atoms with van der Waals surface area (Å²) in [5.41, 5.74) is 3.57. The fourth-order valence-electron chi connectivity index (χ4n) is 2.14. The molecule has 0 bridgehead atoms. The summed E-state index contributed by atoms with van der Waals surface area (Å²) in [5, 5.41) is 0. The zero-order chi connectivity index (χ0) is 16.8. The van der Waals surface area contributed by atoms with Gasteiger partial charge in [-0.25, -0.2) is 4.79 Å². The molecule has 0 amide bonds. The van der Waals surface area contributed by atoms with Crippen molar-refractivity contribution in [3.63, 3.8) is 0 Å². The third kappa shape index (κ3) is 4.10. The number of rotatable bonds is 5. The second kappa shape index (κ2) is 7.45. The Balaban J connectivity index is 2.32. The average Bonchev–Trinajstić information content (AvgIpc) is 2.56. The minimum Gasteiger partial charge on any atom is -0.497 e. The van der Waals surface area contributed by atoms with E-state index >= 15 is 0 Å². The maximum atomic E-state index is 11.5. The van der Waals surface area contributed by atoms with Crippen LogP contribution >= 0.6 is 0 Å². The first-order valence-corrected chi connectivity index (χ1v) is 7.34. The summed E-state index contributed by atoms with van der Waals surface area (Å²) >= 11 is 0. The Morgan fingerprint density at radius 3 is 2.30 bits per heavy atom. The van der Waals surface area contributed by atoms with E-state index in [-0.39, 0.29) is 0 Å². The molecule has 0 aliphatic rings. The highest BCUT2D eigenvalue weighted by Gasteiger charge is 2.08. The van der Waals surface area contributed by atoms with Crippen molar-refractivity contribution >= 4 is 12.0 Å². The third-order valence-electron chi connectivity index (χ3n) is 3.33. The van der Waals surface area contributed by atoms with Crippen molar-refractivity contribution < 1.29 is 14.3 Å². The molecule has 2 rings (SSSR count). The number of ether oxygens (including phenoxy) is 2. The smallest absolute Gasteiger partial charge is 0.338 e. The molecule has 3 heteroatoms. The van der Waals surface area contributed by atoms with Gasteiger partial charge >= 0.3 is 5.97 Å². The van der Waals surface area contributed by atoms with Gasteiger partial charge in [0.05, 0.1) is 7.11 Å². The predicted molar refractivity (Wildman–Crippen MR) is 93.6 cm³/mol. The fourth-order valence-corrected chi connectivity index (χ4v) is 2.14. The molecule has 0 atom stereocenters. The van der Waals surface area contributed by atoms with Crippen molar-refractivity contribution in [1.29, 1.82) is 0 Å². The summed E-state index contributed by atoms with van der Waals surface area (Å²) in [6.07, 6.45) is 4.02. The molecule has 0 N–H and O–H groups in total. The molecule has 2 aromatic rings. The zero-order valence-electron chi connectivity index (χ0n) is 13.6. The number of allylic oxidation sites excluding steroid dienone is 1. The Bertz CT molecular complexity index is 740. The van der Waals surface area contributed by atoms with Crippen LogP contribution in [-0.2, 0) is 4.79 Å². The monoisotopic (exact) mass is 308 g/mol. The summed E-state index contributed by atoms with van der Waals surface area (Å²) in [5.74, 6) is 0.897. The molecule has 0 fully saturated rings. The molecular weight excluding hydrogens is 288 g/mol. The van der Waals surface area contributed by atoms with E-state index in [4.69, 9.17) is 9.47 Å². The fraction of sp³-hybridized carbons (Fsp3) is 0.150. The minimum atomic E-state index is -0.420. The van der Waals surface area contributed by atoms with Crippen LogP contribution < -0.4 is 9.47 Å². The van der Waals surface area contributed by atoms with E-state index in [1.54, 1.807) is 26.2 Å². The number of benzene rings is 2. The lowest BCUT2D eigenvalue weighted by molar-refractivity contribution is -0.130. The molecular formula is C20H20O3. The van der Waals surface area contributed by atoms with Crippen molar-refractivity contribution in [2.24, 2.45) is 0 Å². The van der Waals surface area contributed by atoms with Gasteiger partial charge in [0, 0.05) is 5.57 Å². The van der Waals surface area contributed by atoms with Crippen LogP contribution in [0.4, 0.5) is 0 Å². The van der Waals surface area contributed by atoms with Crippen LogP contribution in [0.3, 0.4) is 0 Å². The first-order chi connectivity index (χ1) is 11.0. The summed E-state index contributed by atoms with van der Waals surface area (Å²) in [7, 11) is 1.65. The molecule has 118 valence electrons. The molecule has 0 saturated carbocycles. The van der Waals surface area contributed by atoms with Crippen molar-refractivity contribution in [3.8, 4) is 22.6 Å². The van der Waals surface area contributed by atoms with Crippen LogP contribution in [0.1, 0.15) is 19.4 Å². The second-order valence-electron chi connectivity index (χ2n) is 5.15. The number of esters is 1. The van der Waals surface area contributed by atoms with Crippen molar-refractivity contribution in [3.05, 3.63) is 66.3 Å². The maximum Gasteiger partial charge on any atom is 0.338 e. The largest absolute Gasteiger partial charge is 0.497 e. The summed E-state index contributed by atoms with van der Waals surface area (Å²) in [6, 6.07) is 13.3. The molecule has 2 aromatic carbocycles. The number of carbonyl (C=O) groups excluding carboxylic acids is 1. The highest BCUT2D eigenvalue weighted by Crippen LogP contribution is 2.30. The molecule has 0 radical (unpaired) electrons. The summed E-state index contributed by atoms with van der Waals surface area (Å²) < 4.78 is 10.5. The normalized spacial score (nSPS) is 10.6. The van der Waals surface area contributed by atoms with Crippen LogP contribution in [0.15, 0.2) is 60.7 Å². The Hall–Kier alpha value is -2.81. The second-order valence-corrected chi connectivity index (χ2v) is 5.15. The highest BCUT2D eigenvalue weighted by molar-refractivity contribution is 5.88. The van der Waals surface area contributed by atoms with Gasteiger partial charge in [0.2, 0.25) is 0 Å². The molecule has 0 unspecified atom stereocenters. The van der Waals surface area contributed by atoms with Crippen molar-refractivity contribution in [1.82, 2.24) is 0 Å². The lowest BCUT2D eigenvalue weighted by atomic mass is 9.99. The molecule has 0 heterocycles.